The van der Waals surface area contributed by atoms with E-state index in [0.29, 0.717) is 11.1 Å². The van der Waals surface area contributed by atoms with Crippen LogP contribution < -0.4 is 4.74 Å². The number of nitro benzene ring substituents is 1. The SMILES string of the molecule is Cc1ccc(Oc2ccccc2CBr)c([N+](=O)[O-])c1. The van der Waals surface area contributed by atoms with Crippen molar-refractivity contribution in [2.75, 3.05) is 0 Å². The van der Waals surface area contributed by atoms with Crippen molar-refractivity contribution >= 4 is 21.6 Å². The van der Waals surface area contributed by atoms with Gasteiger partial charge < -0.3 is 4.74 Å². The van der Waals surface area contributed by atoms with Gasteiger partial charge in [0.15, 0.2) is 0 Å². The Balaban J connectivity index is 2.41. The summed E-state index contributed by atoms with van der Waals surface area (Å²) in [5.74, 6) is 0.871. The van der Waals surface area contributed by atoms with Gasteiger partial charge in [0.05, 0.1) is 4.92 Å². The molecule has 0 bridgehead atoms. The molecule has 0 amide bonds. The number of rotatable bonds is 4. The lowest BCUT2D eigenvalue weighted by Gasteiger charge is -2.10. The van der Waals surface area contributed by atoms with Gasteiger partial charge in [-0.05, 0) is 24.6 Å². The molecule has 0 saturated heterocycles. The Morgan fingerprint density at radius 1 is 1.21 bits per heavy atom. The molecule has 0 heterocycles. The Kier molecular flexibility index (Phi) is 4.16. The molecule has 4 nitrogen and oxygen atoms in total. The van der Waals surface area contributed by atoms with E-state index in [-0.39, 0.29) is 11.4 Å². The number of halogens is 1. The van der Waals surface area contributed by atoms with Crippen LogP contribution in [0.2, 0.25) is 0 Å². The molecule has 0 atom stereocenters. The molecule has 2 aromatic rings. The van der Waals surface area contributed by atoms with E-state index >= 15 is 0 Å². The Hall–Kier alpha value is -1.88. The second kappa shape index (κ2) is 5.84. The van der Waals surface area contributed by atoms with Crippen molar-refractivity contribution in [1.82, 2.24) is 0 Å². The molecule has 2 aromatic carbocycles. The van der Waals surface area contributed by atoms with Gasteiger partial charge >= 0.3 is 5.69 Å². The summed E-state index contributed by atoms with van der Waals surface area (Å²) >= 11 is 3.37. The average molecular weight is 322 g/mol. The Morgan fingerprint density at radius 3 is 2.63 bits per heavy atom. The van der Waals surface area contributed by atoms with Gasteiger partial charge in [-0.15, -0.1) is 0 Å². The second-order valence-electron chi connectivity index (χ2n) is 4.07. The number of para-hydroxylation sites is 1. The van der Waals surface area contributed by atoms with E-state index in [1.165, 1.54) is 6.07 Å². The maximum atomic E-state index is 11.0. The molecular formula is C14H12BrNO3. The molecule has 0 aliphatic rings. The van der Waals surface area contributed by atoms with E-state index in [0.717, 1.165) is 11.1 Å². The van der Waals surface area contributed by atoms with Crippen molar-refractivity contribution in [2.24, 2.45) is 0 Å². The minimum absolute atomic E-state index is 0.0237. The summed E-state index contributed by atoms with van der Waals surface area (Å²) in [6.45, 7) is 1.81. The summed E-state index contributed by atoms with van der Waals surface area (Å²) in [5.41, 5.74) is 1.74. The summed E-state index contributed by atoms with van der Waals surface area (Å²) in [6, 6.07) is 12.3. The molecule has 0 aliphatic carbocycles. The smallest absolute Gasteiger partial charge is 0.311 e. The van der Waals surface area contributed by atoms with Gasteiger partial charge in [-0.25, -0.2) is 0 Å². The molecule has 98 valence electrons. The molecular weight excluding hydrogens is 310 g/mol. The first-order valence-corrected chi connectivity index (χ1v) is 6.80. The van der Waals surface area contributed by atoms with E-state index in [9.17, 15) is 10.1 Å². The van der Waals surface area contributed by atoms with Crippen LogP contribution in [0.3, 0.4) is 0 Å². The standard InChI is InChI=1S/C14H12BrNO3/c1-10-6-7-14(12(8-10)16(17)18)19-13-5-3-2-4-11(13)9-15/h2-8H,9H2,1H3. The van der Waals surface area contributed by atoms with Gasteiger partial charge in [0.1, 0.15) is 5.75 Å². The van der Waals surface area contributed by atoms with Gasteiger partial charge in [-0.1, -0.05) is 40.2 Å². The molecule has 19 heavy (non-hydrogen) atoms. The highest BCUT2D eigenvalue weighted by Gasteiger charge is 2.16. The number of nitrogens with zero attached hydrogens (tertiary/aromatic N) is 1. The van der Waals surface area contributed by atoms with Crippen LogP contribution >= 0.6 is 15.9 Å². The molecule has 2 rings (SSSR count). The Morgan fingerprint density at radius 2 is 1.95 bits per heavy atom. The molecule has 0 saturated carbocycles. The van der Waals surface area contributed by atoms with Crippen LogP contribution in [0.5, 0.6) is 11.5 Å². The van der Waals surface area contributed by atoms with E-state index in [4.69, 9.17) is 4.74 Å². The topological polar surface area (TPSA) is 52.4 Å². The molecule has 0 radical (unpaired) electrons. The maximum absolute atomic E-state index is 11.0. The van der Waals surface area contributed by atoms with E-state index in [2.05, 4.69) is 15.9 Å². The van der Waals surface area contributed by atoms with Crippen LogP contribution in [-0.2, 0) is 5.33 Å². The molecule has 0 aliphatic heterocycles. The molecule has 0 N–H and O–H groups in total. The summed E-state index contributed by atoms with van der Waals surface area (Å²) in [7, 11) is 0. The molecule has 0 unspecified atom stereocenters. The average Bonchev–Trinajstić information content (AvgIpc) is 2.41. The van der Waals surface area contributed by atoms with Crippen molar-refractivity contribution in [2.45, 2.75) is 12.3 Å². The largest absolute Gasteiger partial charge is 0.450 e. The normalized spacial score (nSPS) is 10.2. The number of aryl methyl sites for hydroxylation is 1. The fraction of sp³-hybridized carbons (Fsp3) is 0.143. The van der Waals surface area contributed by atoms with Crippen LogP contribution in [0.15, 0.2) is 42.5 Å². The highest BCUT2D eigenvalue weighted by Crippen LogP contribution is 2.34. The fourth-order valence-electron chi connectivity index (χ4n) is 1.69. The first-order valence-electron chi connectivity index (χ1n) is 5.68. The monoisotopic (exact) mass is 321 g/mol. The third-order valence-corrected chi connectivity index (χ3v) is 3.25. The lowest BCUT2D eigenvalue weighted by atomic mass is 10.2. The zero-order chi connectivity index (χ0) is 13.8. The molecule has 5 heteroatoms. The Bertz CT molecular complexity index is 613. The first-order chi connectivity index (χ1) is 9.11. The summed E-state index contributed by atoms with van der Waals surface area (Å²) in [5, 5.41) is 11.7. The highest BCUT2D eigenvalue weighted by molar-refractivity contribution is 9.08. The fourth-order valence-corrected chi connectivity index (χ4v) is 2.15. The van der Waals surface area contributed by atoms with Gasteiger partial charge in [0, 0.05) is 17.0 Å². The predicted octanol–water partition coefficient (Wildman–Crippen LogP) is 4.59. The Labute approximate surface area is 119 Å². The zero-order valence-electron chi connectivity index (χ0n) is 10.3. The van der Waals surface area contributed by atoms with Crippen LogP contribution in [0.4, 0.5) is 5.69 Å². The van der Waals surface area contributed by atoms with Crippen molar-refractivity contribution < 1.29 is 9.66 Å². The van der Waals surface area contributed by atoms with E-state index in [1.54, 1.807) is 18.2 Å². The maximum Gasteiger partial charge on any atom is 0.311 e. The van der Waals surface area contributed by atoms with Gasteiger partial charge in [0.2, 0.25) is 5.75 Å². The van der Waals surface area contributed by atoms with E-state index in [1.807, 2.05) is 25.1 Å². The lowest BCUT2D eigenvalue weighted by Crippen LogP contribution is -1.95. The molecule has 0 aromatic heterocycles. The quantitative estimate of drug-likeness (QED) is 0.470. The summed E-state index contributed by atoms with van der Waals surface area (Å²) in [4.78, 5) is 10.6. The van der Waals surface area contributed by atoms with E-state index < -0.39 is 4.92 Å². The highest BCUT2D eigenvalue weighted by atomic mass is 79.9. The van der Waals surface area contributed by atoms with Crippen molar-refractivity contribution in [3.63, 3.8) is 0 Å². The summed E-state index contributed by atoms with van der Waals surface area (Å²) < 4.78 is 5.68. The van der Waals surface area contributed by atoms with Gasteiger partial charge in [-0.2, -0.15) is 0 Å². The number of ether oxygens (including phenoxy) is 1. The van der Waals surface area contributed by atoms with Gasteiger partial charge in [0.25, 0.3) is 0 Å². The van der Waals surface area contributed by atoms with Crippen LogP contribution in [0.1, 0.15) is 11.1 Å². The number of alkyl halides is 1. The minimum atomic E-state index is -0.431. The van der Waals surface area contributed by atoms with Crippen LogP contribution in [-0.4, -0.2) is 4.92 Å². The van der Waals surface area contributed by atoms with Crippen LogP contribution in [0, 0.1) is 17.0 Å². The molecule has 0 fully saturated rings. The third-order valence-electron chi connectivity index (χ3n) is 2.65. The predicted molar refractivity (Wildman–Crippen MR) is 77.0 cm³/mol. The molecule has 0 spiro atoms. The zero-order valence-corrected chi connectivity index (χ0v) is 11.9. The minimum Gasteiger partial charge on any atom is -0.450 e. The number of nitro groups is 1. The van der Waals surface area contributed by atoms with Crippen molar-refractivity contribution in [1.29, 1.82) is 0 Å². The van der Waals surface area contributed by atoms with Gasteiger partial charge in [-0.3, -0.25) is 10.1 Å². The summed E-state index contributed by atoms with van der Waals surface area (Å²) in [6.07, 6.45) is 0. The number of hydrogen-bond acceptors (Lipinski definition) is 3. The second-order valence-corrected chi connectivity index (χ2v) is 4.63. The first kappa shape index (κ1) is 13.5. The number of benzene rings is 2. The van der Waals surface area contributed by atoms with Crippen molar-refractivity contribution in [3.8, 4) is 11.5 Å². The van der Waals surface area contributed by atoms with Crippen LogP contribution in [0.25, 0.3) is 0 Å². The lowest BCUT2D eigenvalue weighted by molar-refractivity contribution is -0.385. The van der Waals surface area contributed by atoms with Crippen molar-refractivity contribution in [3.05, 3.63) is 63.7 Å². The third kappa shape index (κ3) is 3.12. The number of hydrogen-bond donors (Lipinski definition) is 0.